The Morgan fingerprint density at radius 1 is 1.27 bits per heavy atom. The summed E-state index contributed by atoms with van der Waals surface area (Å²) in [7, 11) is 1.43. The molecule has 1 aromatic heterocycles. The fraction of sp³-hybridized carbons (Fsp3) is 0.444. The van der Waals surface area contributed by atoms with Crippen LogP contribution in [-0.4, -0.2) is 57.0 Å². The third-order valence-electron chi connectivity index (χ3n) is 5.09. The molecule has 2 aromatic rings. The number of likely N-dealkylation sites (tertiary alicyclic amines) is 1. The first kappa shape index (κ1) is 17.2. The van der Waals surface area contributed by atoms with Crippen LogP contribution < -0.4 is 0 Å². The number of fused-ring (bicyclic) bond motifs is 1. The molecule has 7 nitrogen and oxygen atoms in total. The highest BCUT2D eigenvalue weighted by atomic mass is 32.2. The maximum absolute atomic E-state index is 12.9. The standard InChI is InChI=1S/C18H20N4O3S/c1-25-17(24)13-7-9-21(10-8-13)14(12-5-3-2-4-6-12)15-16(23)22-18(26-15)19-11-20-22/h2-6,11,13-15H,7-10H2,1H3. The number of methoxy groups -OCH3 is 1. The smallest absolute Gasteiger partial charge is 0.308 e. The fourth-order valence-electron chi connectivity index (χ4n) is 3.75. The number of nitrogens with zero attached hydrogens (tertiary/aromatic N) is 4. The van der Waals surface area contributed by atoms with Crippen LogP contribution in [0.3, 0.4) is 0 Å². The number of carbonyl (C=O) groups is 2. The van der Waals surface area contributed by atoms with E-state index in [0.29, 0.717) is 5.16 Å². The second-order valence-corrected chi connectivity index (χ2v) is 7.63. The summed E-state index contributed by atoms with van der Waals surface area (Å²) in [4.78, 5) is 31.2. The zero-order valence-corrected chi connectivity index (χ0v) is 15.3. The molecule has 1 fully saturated rings. The summed E-state index contributed by atoms with van der Waals surface area (Å²) in [5.41, 5.74) is 1.10. The van der Waals surface area contributed by atoms with Crippen molar-refractivity contribution in [3.05, 3.63) is 42.2 Å². The highest BCUT2D eigenvalue weighted by molar-refractivity contribution is 8.00. The Morgan fingerprint density at radius 2 is 2.00 bits per heavy atom. The molecule has 136 valence electrons. The van der Waals surface area contributed by atoms with E-state index in [1.807, 2.05) is 18.2 Å². The lowest BCUT2D eigenvalue weighted by atomic mass is 9.93. The van der Waals surface area contributed by atoms with Crippen molar-refractivity contribution < 1.29 is 14.3 Å². The molecule has 0 amide bonds. The lowest BCUT2D eigenvalue weighted by Crippen LogP contribution is -2.44. The molecule has 2 aliphatic rings. The number of rotatable bonds is 4. The molecule has 0 N–H and O–H groups in total. The Morgan fingerprint density at radius 3 is 2.65 bits per heavy atom. The van der Waals surface area contributed by atoms with Crippen molar-refractivity contribution in [1.29, 1.82) is 0 Å². The summed E-state index contributed by atoms with van der Waals surface area (Å²) in [6, 6.07) is 9.99. The summed E-state index contributed by atoms with van der Waals surface area (Å²) in [5, 5.41) is 4.41. The van der Waals surface area contributed by atoms with E-state index in [1.54, 1.807) is 0 Å². The van der Waals surface area contributed by atoms with Gasteiger partial charge in [-0.15, -0.1) is 0 Å². The average molecular weight is 372 g/mol. The minimum absolute atomic E-state index is 0.0357. The van der Waals surface area contributed by atoms with Crippen LogP contribution in [0.2, 0.25) is 0 Å². The number of benzene rings is 1. The lowest BCUT2D eigenvalue weighted by molar-refractivity contribution is -0.147. The summed E-state index contributed by atoms with van der Waals surface area (Å²) >= 11 is 1.47. The summed E-state index contributed by atoms with van der Waals surface area (Å²) in [5.74, 6) is -0.236. The summed E-state index contributed by atoms with van der Waals surface area (Å²) < 4.78 is 6.28. The van der Waals surface area contributed by atoms with E-state index in [0.717, 1.165) is 31.5 Å². The molecule has 0 spiro atoms. The number of hydrogen-bond donors (Lipinski definition) is 0. The van der Waals surface area contributed by atoms with Crippen LogP contribution in [0.4, 0.5) is 0 Å². The van der Waals surface area contributed by atoms with Gasteiger partial charge in [-0.3, -0.25) is 14.5 Å². The van der Waals surface area contributed by atoms with Crippen molar-refractivity contribution in [2.45, 2.75) is 29.3 Å². The van der Waals surface area contributed by atoms with Crippen molar-refractivity contribution in [3.8, 4) is 0 Å². The first-order chi connectivity index (χ1) is 12.7. The number of piperidine rings is 1. The van der Waals surface area contributed by atoms with Crippen molar-refractivity contribution in [2.75, 3.05) is 20.2 Å². The first-order valence-electron chi connectivity index (χ1n) is 8.66. The molecule has 2 aliphatic heterocycles. The van der Waals surface area contributed by atoms with Crippen LogP contribution in [0.15, 0.2) is 41.8 Å². The van der Waals surface area contributed by atoms with E-state index < -0.39 is 0 Å². The zero-order chi connectivity index (χ0) is 18.1. The third-order valence-corrected chi connectivity index (χ3v) is 6.29. The largest absolute Gasteiger partial charge is 0.469 e. The highest BCUT2D eigenvalue weighted by Gasteiger charge is 2.43. The molecule has 3 heterocycles. The molecule has 2 unspecified atom stereocenters. The Kier molecular flexibility index (Phi) is 4.78. The molecule has 0 saturated carbocycles. The number of hydrogen-bond acceptors (Lipinski definition) is 7. The number of carbonyl (C=O) groups excluding carboxylic acids is 2. The van der Waals surface area contributed by atoms with Crippen LogP contribution in [-0.2, 0) is 9.53 Å². The second kappa shape index (κ2) is 7.20. The molecule has 0 radical (unpaired) electrons. The van der Waals surface area contributed by atoms with Crippen LogP contribution >= 0.6 is 11.8 Å². The van der Waals surface area contributed by atoms with E-state index >= 15 is 0 Å². The van der Waals surface area contributed by atoms with Gasteiger partial charge in [0, 0.05) is 0 Å². The van der Waals surface area contributed by atoms with Gasteiger partial charge in [0.05, 0.1) is 19.1 Å². The number of ether oxygens (including phenoxy) is 1. The number of aromatic nitrogens is 3. The van der Waals surface area contributed by atoms with Crippen molar-refractivity contribution in [2.24, 2.45) is 5.92 Å². The highest BCUT2D eigenvalue weighted by Crippen LogP contribution is 2.41. The molecular formula is C18H20N4O3S. The lowest BCUT2D eigenvalue weighted by Gasteiger charge is -2.38. The van der Waals surface area contributed by atoms with Gasteiger partial charge in [0.2, 0.25) is 0 Å². The van der Waals surface area contributed by atoms with Gasteiger partial charge in [0.1, 0.15) is 11.6 Å². The van der Waals surface area contributed by atoms with Gasteiger partial charge < -0.3 is 4.74 Å². The molecular weight excluding hydrogens is 352 g/mol. The molecule has 4 rings (SSSR count). The van der Waals surface area contributed by atoms with Gasteiger partial charge in [-0.2, -0.15) is 9.78 Å². The second-order valence-electron chi connectivity index (χ2n) is 6.52. The molecule has 0 aliphatic carbocycles. The predicted octanol–water partition coefficient (Wildman–Crippen LogP) is 2.02. The van der Waals surface area contributed by atoms with Crippen LogP contribution in [0.5, 0.6) is 0 Å². The van der Waals surface area contributed by atoms with Gasteiger partial charge in [-0.25, -0.2) is 4.98 Å². The van der Waals surface area contributed by atoms with Gasteiger partial charge in [-0.05, 0) is 31.5 Å². The van der Waals surface area contributed by atoms with Gasteiger partial charge in [-0.1, -0.05) is 42.1 Å². The third kappa shape index (κ3) is 3.03. The SMILES string of the molecule is COC(=O)C1CCN(C(c2ccccc2)C2Sc3ncnn3C2=O)CC1. The van der Waals surface area contributed by atoms with Crippen molar-refractivity contribution in [1.82, 2.24) is 19.7 Å². The molecule has 1 aromatic carbocycles. The van der Waals surface area contributed by atoms with E-state index in [4.69, 9.17) is 4.74 Å². The first-order valence-corrected chi connectivity index (χ1v) is 9.54. The van der Waals surface area contributed by atoms with Crippen molar-refractivity contribution >= 4 is 23.6 Å². The predicted molar refractivity (Wildman–Crippen MR) is 95.8 cm³/mol. The molecule has 0 bridgehead atoms. The van der Waals surface area contributed by atoms with Crippen LogP contribution in [0.1, 0.15) is 29.2 Å². The van der Waals surface area contributed by atoms with E-state index in [-0.39, 0.29) is 29.1 Å². The molecule has 26 heavy (non-hydrogen) atoms. The summed E-state index contributed by atoms with van der Waals surface area (Å²) in [6.45, 7) is 1.50. The minimum Gasteiger partial charge on any atom is -0.469 e. The topological polar surface area (TPSA) is 77.3 Å². The van der Waals surface area contributed by atoms with Crippen molar-refractivity contribution in [3.63, 3.8) is 0 Å². The number of thioether (sulfide) groups is 1. The zero-order valence-electron chi connectivity index (χ0n) is 14.4. The van der Waals surface area contributed by atoms with Gasteiger partial charge >= 0.3 is 5.97 Å². The van der Waals surface area contributed by atoms with Gasteiger partial charge in [0.25, 0.3) is 5.91 Å². The fourth-order valence-corrected chi connectivity index (χ4v) is 4.98. The Labute approximate surface area is 155 Å². The quantitative estimate of drug-likeness (QED) is 0.760. The molecule has 1 saturated heterocycles. The summed E-state index contributed by atoms with van der Waals surface area (Å²) in [6.07, 6.45) is 2.89. The van der Waals surface area contributed by atoms with E-state index in [1.165, 1.54) is 29.9 Å². The molecule has 2 atom stereocenters. The normalized spacial score (nSPS) is 22.2. The molecule has 8 heteroatoms. The maximum Gasteiger partial charge on any atom is 0.308 e. The Balaban J connectivity index is 1.58. The van der Waals surface area contributed by atoms with Gasteiger partial charge in [0.15, 0.2) is 5.16 Å². The number of esters is 1. The minimum atomic E-state index is -0.289. The Bertz CT molecular complexity index is 802. The van der Waals surface area contributed by atoms with Crippen LogP contribution in [0.25, 0.3) is 0 Å². The maximum atomic E-state index is 12.9. The van der Waals surface area contributed by atoms with E-state index in [2.05, 4.69) is 27.1 Å². The van der Waals surface area contributed by atoms with Crippen LogP contribution in [0, 0.1) is 5.92 Å². The van der Waals surface area contributed by atoms with E-state index in [9.17, 15) is 9.59 Å². The Hall–Kier alpha value is -2.19. The monoisotopic (exact) mass is 372 g/mol. The average Bonchev–Trinajstić information content (AvgIpc) is 3.26.